The third kappa shape index (κ3) is 23.8. The second kappa shape index (κ2) is 33.5. The van der Waals surface area contributed by atoms with Crippen molar-refractivity contribution in [3.8, 4) is 0 Å². The molecule has 1 amide bonds. The van der Waals surface area contributed by atoms with Gasteiger partial charge in [0.05, 0.1) is 25.4 Å². The van der Waals surface area contributed by atoms with Gasteiger partial charge in [0.2, 0.25) is 5.91 Å². The normalized spacial score (nSPS) is 22.3. The molecule has 1 heterocycles. The van der Waals surface area contributed by atoms with Gasteiger partial charge in [0.15, 0.2) is 6.29 Å². The van der Waals surface area contributed by atoms with E-state index in [4.69, 9.17) is 9.47 Å². The fraction of sp³-hybridized carbons (Fsp3) is 0.976. The van der Waals surface area contributed by atoms with Crippen molar-refractivity contribution in [3.05, 3.63) is 0 Å². The molecule has 52 heavy (non-hydrogen) atoms. The van der Waals surface area contributed by atoms with Gasteiger partial charge in [-0.25, -0.2) is 0 Å². The third-order valence-electron chi connectivity index (χ3n) is 10.8. The van der Waals surface area contributed by atoms with E-state index in [0.29, 0.717) is 6.42 Å². The molecule has 1 fully saturated rings. The Hall–Kier alpha value is -0.850. The molecule has 10 heteroatoms. The molecule has 8 atom stereocenters. The SMILES string of the molecule is CCCCCCCCCCCCCCCCCC(=O)N[C@@H](COC1OC(CO)C(O)C(O)[C@@H]1O)[C@H](O)[C@H](O)CCCCCCCCCCCCCC. The second-order valence-electron chi connectivity index (χ2n) is 15.6. The van der Waals surface area contributed by atoms with E-state index in [0.717, 1.165) is 44.9 Å². The molecule has 0 aromatic rings. The molecule has 0 spiro atoms. The van der Waals surface area contributed by atoms with Crippen LogP contribution in [0.25, 0.3) is 0 Å². The lowest BCUT2D eigenvalue weighted by molar-refractivity contribution is -0.303. The molecule has 0 aliphatic carbocycles. The standard InChI is InChI=1S/C42H83NO9/c1-3-5-7-9-11-13-15-17-18-19-21-23-25-27-29-31-37(46)43-34(33-51-42-41(50)40(49)39(48)36(32-44)52-42)38(47)35(45)30-28-26-24-22-20-16-14-12-10-8-6-4-2/h34-36,38-42,44-45,47-50H,3-33H2,1-2H3,(H,43,46)/t34-,35+,36?,38-,39?,40?,41-,42?/m0/s1. The minimum atomic E-state index is -1.60. The van der Waals surface area contributed by atoms with Crippen LogP contribution in [0.1, 0.15) is 200 Å². The summed E-state index contributed by atoms with van der Waals surface area (Å²) in [5.74, 6) is -0.256. The fourth-order valence-electron chi connectivity index (χ4n) is 7.20. The first-order chi connectivity index (χ1) is 25.3. The van der Waals surface area contributed by atoms with Crippen LogP contribution in [0, 0.1) is 0 Å². The van der Waals surface area contributed by atoms with Gasteiger partial charge in [-0.2, -0.15) is 0 Å². The van der Waals surface area contributed by atoms with Crippen molar-refractivity contribution in [2.24, 2.45) is 0 Å². The highest BCUT2D eigenvalue weighted by Crippen LogP contribution is 2.23. The largest absolute Gasteiger partial charge is 0.394 e. The third-order valence-corrected chi connectivity index (χ3v) is 10.8. The van der Waals surface area contributed by atoms with Crippen LogP contribution < -0.4 is 5.32 Å². The predicted molar refractivity (Wildman–Crippen MR) is 209 cm³/mol. The zero-order valence-corrected chi connectivity index (χ0v) is 33.4. The Labute approximate surface area is 317 Å². The van der Waals surface area contributed by atoms with Gasteiger partial charge >= 0.3 is 0 Å². The average molecular weight is 746 g/mol. The number of hydrogen-bond acceptors (Lipinski definition) is 9. The monoisotopic (exact) mass is 746 g/mol. The van der Waals surface area contributed by atoms with Gasteiger partial charge < -0.3 is 45.4 Å². The van der Waals surface area contributed by atoms with Gasteiger partial charge in [0.25, 0.3) is 0 Å². The van der Waals surface area contributed by atoms with E-state index in [1.807, 2.05) is 0 Å². The Morgan fingerprint density at radius 1 is 0.596 bits per heavy atom. The van der Waals surface area contributed by atoms with Crippen LogP contribution in [0.5, 0.6) is 0 Å². The van der Waals surface area contributed by atoms with Crippen LogP contribution in [0.2, 0.25) is 0 Å². The lowest BCUT2D eigenvalue weighted by Crippen LogP contribution is -2.60. The number of amides is 1. The van der Waals surface area contributed by atoms with E-state index in [1.54, 1.807) is 0 Å². The molecular formula is C42H83NO9. The second-order valence-corrected chi connectivity index (χ2v) is 15.6. The highest BCUT2D eigenvalue weighted by Gasteiger charge is 2.44. The van der Waals surface area contributed by atoms with Gasteiger partial charge in [-0.1, -0.05) is 181 Å². The number of carbonyl (C=O) groups is 1. The molecule has 0 bridgehead atoms. The highest BCUT2D eigenvalue weighted by molar-refractivity contribution is 5.76. The van der Waals surface area contributed by atoms with Crippen molar-refractivity contribution in [1.29, 1.82) is 0 Å². The summed E-state index contributed by atoms with van der Waals surface area (Å²) in [7, 11) is 0. The lowest BCUT2D eigenvalue weighted by atomic mass is 9.98. The zero-order valence-electron chi connectivity index (χ0n) is 33.4. The molecule has 310 valence electrons. The minimum Gasteiger partial charge on any atom is -0.394 e. The predicted octanol–water partition coefficient (Wildman–Crippen LogP) is 7.36. The summed E-state index contributed by atoms with van der Waals surface area (Å²) in [6.07, 6.45) is 23.9. The Morgan fingerprint density at radius 3 is 1.42 bits per heavy atom. The summed E-state index contributed by atoms with van der Waals surface area (Å²) in [5, 5.41) is 65.0. The molecule has 10 nitrogen and oxygen atoms in total. The van der Waals surface area contributed by atoms with Gasteiger partial charge in [-0.3, -0.25) is 4.79 Å². The molecule has 4 unspecified atom stereocenters. The molecule has 1 aliphatic rings. The molecule has 1 rings (SSSR count). The number of unbranched alkanes of at least 4 members (excludes halogenated alkanes) is 25. The van der Waals surface area contributed by atoms with Gasteiger partial charge in [-0.15, -0.1) is 0 Å². The minimum absolute atomic E-state index is 0.256. The zero-order chi connectivity index (χ0) is 38.2. The topological polar surface area (TPSA) is 169 Å². The van der Waals surface area contributed by atoms with Gasteiger partial charge in [0.1, 0.15) is 30.5 Å². The highest BCUT2D eigenvalue weighted by atomic mass is 16.7. The Balaban J connectivity index is 2.42. The van der Waals surface area contributed by atoms with Gasteiger partial charge in [0, 0.05) is 6.42 Å². The van der Waals surface area contributed by atoms with Crippen LogP contribution in [0.4, 0.5) is 0 Å². The van der Waals surface area contributed by atoms with Crippen molar-refractivity contribution in [2.75, 3.05) is 13.2 Å². The number of rotatable bonds is 36. The van der Waals surface area contributed by atoms with E-state index < -0.39 is 55.6 Å². The summed E-state index contributed by atoms with van der Waals surface area (Å²) in [4.78, 5) is 13.0. The first kappa shape index (κ1) is 49.2. The number of aliphatic hydroxyl groups is 6. The number of ether oxygens (including phenoxy) is 2. The van der Waals surface area contributed by atoms with Crippen molar-refractivity contribution >= 4 is 5.91 Å². The van der Waals surface area contributed by atoms with Crippen molar-refractivity contribution in [1.82, 2.24) is 5.32 Å². The molecule has 1 aliphatic heterocycles. The van der Waals surface area contributed by atoms with Crippen LogP contribution >= 0.6 is 0 Å². The maximum absolute atomic E-state index is 13.0. The molecule has 7 N–H and O–H groups in total. The molecular weight excluding hydrogens is 662 g/mol. The molecule has 1 saturated heterocycles. The van der Waals surface area contributed by atoms with Crippen LogP contribution in [0.15, 0.2) is 0 Å². The van der Waals surface area contributed by atoms with E-state index in [1.165, 1.54) is 128 Å². The number of aliphatic hydroxyl groups excluding tert-OH is 6. The first-order valence-corrected chi connectivity index (χ1v) is 21.8. The summed E-state index contributed by atoms with van der Waals surface area (Å²) >= 11 is 0. The number of nitrogens with one attached hydrogen (secondary N) is 1. The van der Waals surface area contributed by atoms with E-state index in [-0.39, 0.29) is 18.9 Å². The summed E-state index contributed by atoms with van der Waals surface area (Å²) in [6, 6.07) is -0.983. The molecule has 0 saturated carbocycles. The Kier molecular flexibility index (Phi) is 31.7. The smallest absolute Gasteiger partial charge is 0.220 e. The van der Waals surface area contributed by atoms with Crippen molar-refractivity contribution in [2.45, 2.75) is 249 Å². The van der Waals surface area contributed by atoms with E-state index in [2.05, 4.69) is 19.2 Å². The van der Waals surface area contributed by atoms with Crippen LogP contribution in [0.3, 0.4) is 0 Å². The quantitative estimate of drug-likeness (QED) is 0.0324. The van der Waals surface area contributed by atoms with Crippen molar-refractivity contribution < 1.29 is 44.9 Å². The van der Waals surface area contributed by atoms with E-state index in [9.17, 15) is 35.4 Å². The first-order valence-electron chi connectivity index (χ1n) is 21.8. The molecule has 0 radical (unpaired) electrons. The summed E-state index contributed by atoms with van der Waals surface area (Å²) < 4.78 is 11.1. The lowest BCUT2D eigenvalue weighted by Gasteiger charge is -2.40. The maximum Gasteiger partial charge on any atom is 0.220 e. The molecule has 0 aromatic carbocycles. The molecule has 0 aromatic heterocycles. The number of carbonyl (C=O) groups excluding carboxylic acids is 1. The van der Waals surface area contributed by atoms with E-state index >= 15 is 0 Å². The summed E-state index contributed by atoms with van der Waals surface area (Å²) in [6.45, 7) is 3.60. The average Bonchev–Trinajstić information content (AvgIpc) is 3.14. The van der Waals surface area contributed by atoms with Crippen molar-refractivity contribution in [3.63, 3.8) is 0 Å². The fourth-order valence-corrected chi connectivity index (χ4v) is 7.20. The van der Waals surface area contributed by atoms with Crippen LogP contribution in [-0.2, 0) is 14.3 Å². The Bertz CT molecular complexity index is 803. The Morgan fingerprint density at radius 2 is 1.00 bits per heavy atom. The summed E-state index contributed by atoms with van der Waals surface area (Å²) in [5.41, 5.74) is 0. The maximum atomic E-state index is 13.0. The number of hydrogen-bond donors (Lipinski definition) is 7. The van der Waals surface area contributed by atoms with Gasteiger partial charge in [-0.05, 0) is 12.8 Å². The van der Waals surface area contributed by atoms with Crippen LogP contribution in [-0.4, -0.2) is 98.7 Å².